The van der Waals surface area contributed by atoms with Crippen molar-refractivity contribution in [2.75, 3.05) is 14.1 Å². The molecule has 1 aromatic carbocycles. The van der Waals surface area contributed by atoms with Crippen LogP contribution >= 0.6 is 0 Å². The Bertz CT molecular complexity index is 740. The molecule has 1 aliphatic rings. The van der Waals surface area contributed by atoms with Gasteiger partial charge in [-0.25, -0.2) is 0 Å². The SMILES string of the molecule is Cc1cc(C)cc(C(=O)N2Cc3c(CN(C)C)nn(C)c3C2)c1. The second kappa shape index (κ2) is 5.81. The molecule has 0 saturated heterocycles. The number of aromatic nitrogens is 2. The normalized spacial score (nSPS) is 13.7. The van der Waals surface area contributed by atoms with E-state index >= 15 is 0 Å². The molecule has 0 N–H and O–H groups in total. The summed E-state index contributed by atoms with van der Waals surface area (Å²) < 4.78 is 1.92. The zero-order valence-electron chi connectivity index (χ0n) is 14.6. The van der Waals surface area contributed by atoms with E-state index in [0.29, 0.717) is 13.1 Å². The lowest BCUT2D eigenvalue weighted by molar-refractivity contribution is 0.0747. The standard InChI is InChI=1S/C18H24N4O/c1-12-6-13(2)8-14(7-12)18(23)22-9-15-16(10-20(3)4)19-21(5)17(15)11-22/h6-8H,9-11H2,1-5H3. The van der Waals surface area contributed by atoms with Crippen molar-refractivity contribution in [3.8, 4) is 0 Å². The number of rotatable bonds is 3. The zero-order chi connectivity index (χ0) is 16.7. The molecule has 1 aromatic heterocycles. The summed E-state index contributed by atoms with van der Waals surface area (Å²) in [5, 5.41) is 4.60. The van der Waals surface area contributed by atoms with Crippen molar-refractivity contribution in [3.63, 3.8) is 0 Å². The molecule has 1 aliphatic heterocycles. The van der Waals surface area contributed by atoms with E-state index in [1.54, 1.807) is 0 Å². The third kappa shape index (κ3) is 3.01. The molecule has 2 aromatic rings. The summed E-state index contributed by atoms with van der Waals surface area (Å²) in [4.78, 5) is 16.9. The molecule has 2 heterocycles. The van der Waals surface area contributed by atoms with Crippen LogP contribution in [0.4, 0.5) is 0 Å². The first-order valence-electron chi connectivity index (χ1n) is 7.91. The Morgan fingerprint density at radius 3 is 2.43 bits per heavy atom. The lowest BCUT2D eigenvalue weighted by atomic mass is 10.1. The number of carbonyl (C=O) groups is 1. The number of hydrogen-bond acceptors (Lipinski definition) is 3. The minimum absolute atomic E-state index is 0.101. The van der Waals surface area contributed by atoms with Gasteiger partial charge < -0.3 is 9.80 Å². The molecule has 5 heteroatoms. The van der Waals surface area contributed by atoms with Crippen molar-refractivity contribution >= 4 is 5.91 Å². The predicted octanol–water partition coefficient (Wildman–Crippen LogP) is 2.25. The summed E-state index contributed by atoms with van der Waals surface area (Å²) in [6, 6.07) is 6.03. The minimum Gasteiger partial charge on any atom is -0.328 e. The molecule has 0 unspecified atom stereocenters. The topological polar surface area (TPSA) is 41.4 Å². The van der Waals surface area contributed by atoms with E-state index in [9.17, 15) is 4.79 Å². The van der Waals surface area contributed by atoms with E-state index in [0.717, 1.165) is 34.6 Å². The van der Waals surface area contributed by atoms with Crippen molar-refractivity contribution in [1.82, 2.24) is 19.6 Å². The Morgan fingerprint density at radius 1 is 1.17 bits per heavy atom. The van der Waals surface area contributed by atoms with E-state index in [2.05, 4.69) is 16.1 Å². The Morgan fingerprint density at radius 2 is 1.83 bits per heavy atom. The summed E-state index contributed by atoms with van der Waals surface area (Å²) in [7, 11) is 6.03. The summed E-state index contributed by atoms with van der Waals surface area (Å²) in [6.07, 6.45) is 0. The number of fused-ring (bicyclic) bond motifs is 1. The zero-order valence-corrected chi connectivity index (χ0v) is 14.6. The number of amides is 1. The lowest BCUT2D eigenvalue weighted by Crippen LogP contribution is -2.26. The van der Waals surface area contributed by atoms with Crippen LogP contribution in [0.5, 0.6) is 0 Å². The van der Waals surface area contributed by atoms with Crippen molar-refractivity contribution in [3.05, 3.63) is 51.8 Å². The van der Waals surface area contributed by atoms with E-state index in [1.165, 1.54) is 5.56 Å². The van der Waals surface area contributed by atoms with Crippen LogP contribution in [0, 0.1) is 13.8 Å². The van der Waals surface area contributed by atoms with Crippen LogP contribution in [-0.4, -0.2) is 39.6 Å². The molecular formula is C18H24N4O. The van der Waals surface area contributed by atoms with Crippen LogP contribution in [0.1, 0.15) is 38.4 Å². The van der Waals surface area contributed by atoms with Crippen LogP contribution < -0.4 is 0 Å². The highest BCUT2D eigenvalue weighted by Crippen LogP contribution is 2.27. The Hall–Kier alpha value is -2.14. The second-order valence-corrected chi connectivity index (χ2v) is 6.77. The molecule has 0 radical (unpaired) electrons. The van der Waals surface area contributed by atoms with Gasteiger partial charge in [-0.2, -0.15) is 5.10 Å². The van der Waals surface area contributed by atoms with Gasteiger partial charge in [-0.3, -0.25) is 9.48 Å². The summed E-state index contributed by atoms with van der Waals surface area (Å²) in [6.45, 7) is 6.15. The fourth-order valence-corrected chi connectivity index (χ4v) is 3.32. The smallest absolute Gasteiger partial charge is 0.254 e. The average molecular weight is 312 g/mol. The Labute approximate surface area is 137 Å². The minimum atomic E-state index is 0.101. The molecule has 122 valence electrons. The van der Waals surface area contributed by atoms with Gasteiger partial charge in [0.05, 0.1) is 24.5 Å². The summed E-state index contributed by atoms with van der Waals surface area (Å²) >= 11 is 0. The molecule has 0 saturated carbocycles. The quantitative estimate of drug-likeness (QED) is 0.873. The highest BCUT2D eigenvalue weighted by Gasteiger charge is 2.30. The number of benzene rings is 1. The molecule has 3 rings (SSSR count). The molecule has 0 aliphatic carbocycles. The van der Waals surface area contributed by atoms with Crippen molar-refractivity contribution in [1.29, 1.82) is 0 Å². The maximum Gasteiger partial charge on any atom is 0.254 e. The van der Waals surface area contributed by atoms with Crippen molar-refractivity contribution < 1.29 is 4.79 Å². The van der Waals surface area contributed by atoms with Gasteiger partial charge in [0.15, 0.2) is 0 Å². The Kier molecular flexibility index (Phi) is 3.98. The highest BCUT2D eigenvalue weighted by atomic mass is 16.2. The van der Waals surface area contributed by atoms with Gasteiger partial charge in [-0.05, 0) is 40.1 Å². The van der Waals surface area contributed by atoms with E-state index in [-0.39, 0.29) is 5.91 Å². The predicted molar refractivity (Wildman–Crippen MR) is 90.1 cm³/mol. The number of aryl methyl sites for hydroxylation is 3. The van der Waals surface area contributed by atoms with Crippen LogP contribution in [0.25, 0.3) is 0 Å². The number of hydrogen-bond donors (Lipinski definition) is 0. The van der Waals surface area contributed by atoms with Gasteiger partial charge in [0, 0.05) is 24.7 Å². The maximum absolute atomic E-state index is 12.8. The first-order valence-corrected chi connectivity index (χ1v) is 7.91. The average Bonchev–Trinajstić information content (AvgIpc) is 2.99. The number of nitrogens with zero attached hydrogens (tertiary/aromatic N) is 4. The molecule has 1 amide bonds. The van der Waals surface area contributed by atoms with E-state index < -0.39 is 0 Å². The first-order chi connectivity index (χ1) is 10.8. The first kappa shape index (κ1) is 15.7. The second-order valence-electron chi connectivity index (χ2n) is 6.77. The van der Waals surface area contributed by atoms with E-state index in [4.69, 9.17) is 0 Å². The van der Waals surface area contributed by atoms with E-state index in [1.807, 2.05) is 56.7 Å². The maximum atomic E-state index is 12.8. The molecule has 0 atom stereocenters. The largest absolute Gasteiger partial charge is 0.328 e. The molecule has 23 heavy (non-hydrogen) atoms. The van der Waals surface area contributed by atoms with Crippen LogP contribution in [0.15, 0.2) is 18.2 Å². The monoisotopic (exact) mass is 312 g/mol. The number of carbonyl (C=O) groups excluding carboxylic acids is 1. The highest BCUT2D eigenvalue weighted by molar-refractivity contribution is 5.95. The fraction of sp³-hybridized carbons (Fsp3) is 0.444. The molecule has 0 fully saturated rings. The van der Waals surface area contributed by atoms with Gasteiger partial charge in [-0.1, -0.05) is 17.2 Å². The fourth-order valence-electron chi connectivity index (χ4n) is 3.32. The molecular weight excluding hydrogens is 288 g/mol. The van der Waals surface area contributed by atoms with Gasteiger partial charge in [-0.15, -0.1) is 0 Å². The Balaban J connectivity index is 1.85. The van der Waals surface area contributed by atoms with Crippen molar-refractivity contribution in [2.45, 2.75) is 33.5 Å². The lowest BCUT2D eigenvalue weighted by Gasteiger charge is -2.17. The van der Waals surface area contributed by atoms with Crippen molar-refractivity contribution in [2.24, 2.45) is 7.05 Å². The van der Waals surface area contributed by atoms with Gasteiger partial charge >= 0.3 is 0 Å². The third-order valence-electron chi connectivity index (χ3n) is 4.27. The third-order valence-corrected chi connectivity index (χ3v) is 4.27. The van der Waals surface area contributed by atoms with Gasteiger partial charge in [0.2, 0.25) is 0 Å². The molecule has 5 nitrogen and oxygen atoms in total. The van der Waals surface area contributed by atoms with Crippen LogP contribution in [0.2, 0.25) is 0 Å². The molecule has 0 bridgehead atoms. The van der Waals surface area contributed by atoms with Gasteiger partial charge in [0.1, 0.15) is 0 Å². The van der Waals surface area contributed by atoms with Crippen LogP contribution in [0.3, 0.4) is 0 Å². The van der Waals surface area contributed by atoms with Crippen LogP contribution in [-0.2, 0) is 26.7 Å². The molecule has 0 spiro atoms. The summed E-state index contributed by atoms with van der Waals surface area (Å²) in [5.74, 6) is 0.101. The van der Waals surface area contributed by atoms with Gasteiger partial charge in [0.25, 0.3) is 5.91 Å². The summed E-state index contributed by atoms with van der Waals surface area (Å²) in [5.41, 5.74) is 6.46.